The van der Waals surface area contributed by atoms with Gasteiger partial charge in [-0.15, -0.1) is 0 Å². The van der Waals surface area contributed by atoms with Gasteiger partial charge in [-0.25, -0.2) is 4.79 Å². The van der Waals surface area contributed by atoms with Crippen molar-refractivity contribution in [2.45, 2.75) is 13.0 Å². The minimum absolute atomic E-state index is 0.182. The van der Waals surface area contributed by atoms with E-state index in [4.69, 9.17) is 20.8 Å². The Morgan fingerprint density at radius 1 is 0.966 bits per heavy atom. The van der Waals surface area contributed by atoms with Crippen molar-refractivity contribution in [3.8, 4) is 5.75 Å². The van der Waals surface area contributed by atoms with Gasteiger partial charge < -0.3 is 9.15 Å². The molecule has 1 aromatic heterocycles. The number of ketones is 1. The van der Waals surface area contributed by atoms with Crippen LogP contribution in [0.25, 0.3) is 11.0 Å². The maximum absolute atomic E-state index is 13.2. The average Bonchev–Trinajstić information content (AvgIpc) is 2.72. The van der Waals surface area contributed by atoms with E-state index in [0.717, 1.165) is 10.9 Å². The molecule has 3 aromatic carbocycles. The molecule has 29 heavy (non-hydrogen) atoms. The van der Waals surface area contributed by atoms with Gasteiger partial charge in [0.15, 0.2) is 6.10 Å². The lowest BCUT2D eigenvalue weighted by Crippen LogP contribution is -2.19. The number of rotatable bonds is 5. The zero-order valence-electron chi connectivity index (χ0n) is 15.6. The molecule has 1 unspecified atom stereocenters. The van der Waals surface area contributed by atoms with Crippen LogP contribution in [0.3, 0.4) is 0 Å². The summed E-state index contributed by atoms with van der Waals surface area (Å²) in [6.07, 6.45) is -0.872. The fraction of sp³-hybridized carbons (Fsp3) is 0.0833. The molecule has 0 aliphatic carbocycles. The Morgan fingerprint density at radius 3 is 2.41 bits per heavy atom. The van der Waals surface area contributed by atoms with Crippen molar-refractivity contribution >= 4 is 28.4 Å². The van der Waals surface area contributed by atoms with E-state index in [1.807, 2.05) is 19.1 Å². The molecule has 0 aliphatic rings. The third-order valence-corrected chi connectivity index (χ3v) is 4.90. The summed E-state index contributed by atoms with van der Waals surface area (Å²) in [6, 6.07) is 22.6. The topological polar surface area (TPSA) is 56.5 Å². The lowest BCUT2D eigenvalue weighted by Gasteiger charge is -2.19. The Labute approximate surface area is 172 Å². The number of hydrogen-bond acceptors (Lipinski definition) is 4. The highest BCUT2D eigenvalue weighted by molar-refractivity contribution is 6.30. The van der Waals surface area contributed by atoms with E-state index in [0.29, 0.717) is 27.5 Å². The molecule has 0 fully saturated rings. The van der Waals surface area contributed by atoms with Gasteiger partial charge in [-0.05, 0) is 36.8 Å². The monoisotopic (exact) mass is 404 g/mol. The summed E-state index contributed by atoms with van der Waals surface area (Å²) < 4.78 is 11.4. The molecule has 144 valence electrons. The molecule has 4 aromatic rings. The number of aryl methyl sites for hydroxylation is 1. The zero-order chi connectivity index (χ0) is 20.4. The smallest absolute Gasteiger partial charge is 0.336 e. The van der Waals surface area contributed by atoms with Crippen molar-refractivity contribution in [2.24, 2.45) is 0 Å². The van der Waals surface area contributed by atoms with Crippen LogP contribution in [0, 0.1) is 6.92 Å². The summed E-state index contributed by atoms with van der Waals surface area (Å²) >= 11 is 6.00. The van der Waals surface area contributed by atoms with Crippen LogP contribution in [0.5, 0.6) is 5.75 Å². The van der Waals surface area contributed by atoms with Crippen LogP contribution >= 0.6 is 11.6 Å². The molecule has 4 rings (SSSR count). The number of hydrogen-bond donors (Lipinski definition) is 0. The van der Waals surface area contributed by atoms with Crippen LogP contribution in [-0.4, -0.2) is 5.78 Å². The van der Waals surface area contributed by atoms with Gasteiger partial charge >= 0.3 is 5.63 Å². The van der Waals surface area contributed by atoms with E-state index in [2.05, 4.69) is 0 Å². The first-order chi connectivity index (χ1) is 14.0. The second-order valence-corrected chi connectivity index (χ2v) is 7.12. The molecule has 1 atom stereocenters. The van der Waals surface area contributed by atoms with E-state index in [1.165, 1.54) is 6.07 Å². The van der Waals surface area contributed by atoms with E-state index >= 15 is 0 Å². The highest BCUT2D eigenvalue weighted by Gasteiger charge is 2.24. The molecular formula is C24H17ClO4. The molecule has 0 amide bonds. The van der Waals surface area contributed by atoms with E-state index in [9.17, 15) is 9.59 Å². The second-order valence-electron chi connectivity index (χ2n) is 6.69. The molecule has 0 radical (unpaired) electrons. The summed E-state index contributed by atoms with van der Waals surface area (Å²) in [5.41, 5.74) is 2.01. The number of ether oxygens (including phenoxy) is 1. The molecule has 1 heterocycles. The van der Waals surface area contributed by atoms with Crippen molar-refractivity contribution in [1.29, 1.82) is 0 Å². The second kappa shape index (κ2) is 7.94. The lowest BCUT2D eigenvalue weighted by atomic mass is 9.99. The third-order valence-electron chi connectivity index (χ3n) is 4.65. The number of fused-ring (bicyclic) bond motifs is 1. The molecule has 0 saturated carbocycles. The van der Waals surface area contributed by atoms with Crippen LogP contribution in [0.15, 0.2) is 88.1 Å². The average molecular weight is 405 g/mol. The van der Waals surface area contributed by atoms with Gasteiger partial charge in [-0.2, -0.15) is 0 Å². The normalized spacial score (nSPS) is 11.9. The van der Waals surface area contributed by atoms with Gasteiger partial charge in [-0.3, -0.25) is 4.79 Å². The Balaban J connectivity index is 1.75. The van der Waals surface area contributed by atoms with Gasteiger partial charge in [0, 0.05) is 33.7 Å². The van der Waals surface area contributed by atoms with Gasteiger partial charge in [-0.1, -0.05) is 54.1 Å². The predicted molar refractivity (Wildman–Crippen MR) is 113 cm³/mol. The number of Topliss-reactive ketones (excluding diaryl/α,β-unsaturated/α-hetero) is 1. The Hall–Kier alpha value is -3.37. The molecule has 0 aliphatic heterocycles. The minimum atomic E-state index is -0.872. The van der Waals surface area contributed by atoms with Crippen LogP contribution in [-0.2, 0) is 0 Å². The van der Waals surface area contributed by atoms with Crippen molar-refractivity contribution < 1.29 is 13.9 Å². The Morgan fingerprint density at radius 2 is 1.69 bits per heavy atom. The summed E-state index contributed by atoms with van der Waals surface area (Å²) in [7, 11) is 0. The first-order valence-corrected chi connectivity index (χ1v) is 9.45. The number of halogens is 1. The standard InChI is InChI=1S/C24H17ClO4/c1-15-13-22(26)29-21-14-19(11-12-20(15)21)28-24(17-7-9-18(25)10-8-17)23(27)16-5-3-2-4-6-16/h2-14,24H,1H3. The molecule has 5 heteroatoms. The Bertz CT molecular complexity index is 1230. The van der Waals surface area contributed by atoms with Gasteiger partial charge in [0.25, 0.3) is 0 Å². The van der Waals surface area contributed by atoms with Crippen LogP contribution < -0.4 is 10.4 Å². The summed E-state index contributed by atoms with van der Waals surface area (Å²) in [5.74, 6) is 0.245. The molecular weight excluding hydrogens is 388 g/mol. The Kier molecular flexibility index (Phi) is 5.19. The minimum Gasteiger partial charge on any atom is -0.477 e. The maximum atomic E-state index is 13.2. The number of carbonyl (C=O) groups excluding carboxylic acids is 1. The fourth-order valence-corrected chi connectivity index (χ4v) is 3.30. The van der Waals surface area contributed by atoms with E-state index in [1.54, 1.807) is 60.7 Å². The zero-order valence-corrected chi connectivity index (χ0v) is 16.3. The number of carbonyl (C=O) groups is 1. The van der Waals surface area contributed by atoms with Gasteiger partial charge in [0.1, 0.15) is 11.3 Å². The van der Waals surface area contributed by atoms with E-state index < -0.39 is 11.7 Å². The van der Waals surface area contributed by atoms with Crippen LogP contribution in [0.1, 0.15) is 27.6 Å². The molecule has 0 saturated heterocycles. The predicted octanol–water partition coefficient (Wildman–Crippen LogP) is 5.76. The van der Waals surface area contributed by atoms with Crippen molar-refractivity contribution in [2.75, 3.05) is 0 Å². The van der Waals surface area contributed by atoms with Crippen LogP contribution in [0.4, 0.5) is 0 Å². The summed E-state index contributed by atoms with van der Waals surface area (Å²) in [6.45, 7) is 1.84. The SMILES string of the molecule is Cc1cc(=O)oc2cc(OC(C(=O)c3ccccc3)c3ccc(Cl)cc3)ccc12. The maximum Gasteiger partial charge on any atom is 0.336 e. The summed E-state index contributed by atoms with van der Waals surface area (Å²) in [4.78, 5) is 24.9. The largest absolute Gasteiger partial charge is 0.477 e. The number of benzene rings is 3. The highest BCUT2D eigenvalue weighted by Crippen LogP contribution is 2.29. The van der Waals surface area contributed by atoms with Crippen molar-refractivity contribution in [3.05, 3.63) is 111 Å². The van der Waals surface area contributed by atoms with Crippen molar-refractivity contribution in [3.63, 3.8) is 0 Å². The first kappa shape index (κ1) is 19.0. The highest BCUT2D eigenvalue weighted by atomic mass is 35.5. The third kappa shape index (κ3) is 4.08. The molecule has 0 spiro atoms. The van der Waals surface area contributed by atoms with Crippen molar-refractivity contribution in [1.82, 2.24) is 0 Å². The van der Waals surface area contributed by atoms with Gasteiger partial charge in [0.05, 0.1) is 0 Å². The fourth-order valence-electron chi connectivity index (χ4n) is 3.18. The molecule has 0 N–H and O–H groups in total. The van der Waals surface area contributed by atoms with E-state index in [-0.39, 0.29) is 5.78 Å². The molecule has 4 nitrogen and oxygen atoms in total. The first-order valence-electron chi connectivity index (χ1n) is 9.07. The lowest BCUT2D eigenvalue weighted by molar-refractivity contribution is 0.0792. The van der Waals surface area contributed by atoms with Crippen LogP contribution in [0.2, 0.25) is 5.02 Å². The molecule has 0 bridgehead atoms. The quantitative estimate of drug-likeness (QED) is 0.313. The van der Waals surface area contributed by atoms with Gasteiger partial charge in [0.2, 0.25) is 5.78 Å². The summed E-state index contributed by atoms with van der Waals surface area (Å²) in [5, 5.41) is 1.39.